The molecule has 1 N–H and O–H groups in total. The zero-order valence-corrected chi connectivity index (χ0v) is 18.9. The number of thiophene rings is 1. The molecule has 0 saturated carbocycles. The zero-order chi connectivity index (χ0) is 22.3. The molecule has 8 heteroatoms. The van der Waals surface area contributed by atoms with Gasteiger partial charge in [0.1, 0.15) is 11.1 Å². The van der Waals surface area contributed by atoms with Gasteiger partial charge in [0, 0.05) is 23.5 Å². The Kier molecular flexibility index (Phi) is 5.33. The number of hydrogen-bond acceptors (Lipinski definition) is 5. The summed E-state index contributed by atoms with van der Waals surface area (Å²) < 4.78 is 27.7. The Morgan fingerprint density at radius 2 is 1.78 bits per heavy atom. The van der Waals surface area contributed by atoms with Gasteiger partial charge >= 0.3 is 0 Å². The molecule has 0 atom stereocenters. The maximum Gasteiger partial charge on any atom is 0.256 e. The van der Waals surface area contributed by atoms with Gasteiger partial charge < -0.3 is 5.32 Å². The number of nitriles is 1. The topological polar surface area (TPSA) is 90.3 Å². The third-order valence-electron chi connectivity index (χ3n) is 6.11. The SMILES string of the molecule is N#Cc1c(NC(=O)c2ccc(S(=O)(=O)N3CCc4ccccc4C3)cc2)sc2c1CCC2. The fraction of sp³-hybridized carbons (Fsp3) is 0.250. The maximum atomic E-state index is 13.1. The number of fused-ring (bicyclic) bond motifs is 2. The van der Waals surface area contributed by atoms with Gasteiger partial charge in [-0.15, -0.1) is 11.3 Å². The van der Waals surface area contributed by atoms with Crippen LogP contribution in [-0.2, 0) is 35.8 Å². The Hall–Kier alpha value is -2.99. The van der Waals surface area contributed by atoms with Crippen molar-refractivity contribution in [3.8, 4) is 6.07 Å². The van der Waals surface area contributed by atoms with Gasteiger partial charge in [-0.25, -0.2) is 8.42 Å². The molecule has 1 aliphatic heterocycles. The van der Waals surface area contributed by atoms with E-state index in [1.165, 1.54) is 50.3 Å². The molecule has 0 saturated heterocycles. The molecule has 0 unspecified atom stereocenters. The zero-order valence-electron chi connectivity index (χ0n) is 17.3. The van der Waals surface area contributed by atoms with E-state index in [9.17, 15) is 18.5 Å². The van der Waals surface area contributed by atoms with Crippen LogP contribution in [0.1, 0.15) is 43.9 Å². The Balaban J connectivity index is 1.33. The molecule has 32 heavy (non-hydrogen) atoms. The van der Waals surface area contributed by atoms with Crippen molar-refractivity contribution >= 4 is 32.3 Å². The summed E-state index contributed by atoms with van der Waals surface area (Å²) in [5.74, 6) is -0.350. The van der Waals surface area contributed by atoms with Gasteiger partial charge in [0.05, 0.1) is 10.5 Å². The van der Waals surface area contributed by atoms with Gasteiger partial charge in [0.2, 0.25) is 10.0 Å². The van der Waals surface area contributed by atoms with Crippen molar-refractivity contribution < 1.29 is 13.2 Å². The molecule has 5 rings (SSSR count). The lowest BCUT2D eigenvalue weighted by Gasteiger charge is -2.28. The summed E-state index contributed by atoms with van der Waals surface area (Å²) in [6.45, 7) is 0.780. The molecule has 1 amide bonds. The predicted molar refractivity (Wildman–Crippen MR) is 123 cm³/mol. The number of rotatable bonds is 4. The molecule has 1 aromatic heterocycles. The lowest BCUT2D eigenvalue weighted by Crippen LogP contribution is -2.35. The second-order valence-electron chi connectivity index (χ2n) is 8.01. The van der Waals surface area contributed by atoms with Crippen LogP contribution in [0.25, 0.3) is 0 Å². The van der Waals surface area contributed by atoms with Crippen LogP contribution in [0.2, 0.25) is 0 Å². The minimum Gasteiger partial charge on any atom is -0.312 e. The van der Waals surface area contributed by atoms with Gasteiger partial charge in [-0.2, -0.15) is 9.57 Å². The van der Waals surface area contributed by atoms with Crippen LogP contribution < -0.4 is 5.32 Å². The molecule has 2 heterocycles. The van der Waals surface area contributed by atoms with Crippen LogP contribution in [0, 0.1) is 11.3 Å². The van der Waals surface area contributed by atoms with E-state index >= 15 is 0 Å². The first-order chi connectivity index (χ1) is 15.5. The number of nitrogens with one attached hydrogen (secondary N) is 1. The van der Waals surface area contributed by atoms with Crippen LogP contribution in [-0.4, -0.2) is 25.2 Å². The van der Waals surface area contributed by atoms with E-state index < -0.39 is 10.0 Å². The number of sulfonamides is 1. The van der Waals surface area contributed by atoms with Gasteiger partial charge in [-0.1, -0.05) is 24.3 Å². The number of nitrogens with zero attached hydrogens (tertiary/aromatic N) is 2. The summed E-state index contributed by atoms with van der Waals surface area (Å²) in [7, 11) is -3.65. The monoisotopic (exact) mass is 463 g/mol. The molecule has 6 nitrogen and oxygen atoms in total. The van der Waals surface area contributed by atoms with Gasteiger partial charge in [-0.3, -0.25) is 4.79 Å². The summed E-state index contributed by atoms with van der Waals surface area (Å²) in [6, 6.07) is 16.1. The lowest BCUT2D eigenvalue weighted by atomic mass is 10.0. The fourth-order valence-electron chi connectivity index (χ4n) is 4.39. The predicted octanol–water partition coefficient (Wildman–Crippen LogP) is 4.11. The largest absolute Gasteiger partial charge is 0.312 e. The minimum absolute atomic E-state index is 0.168. The number of aryl methyl sites for hydroxylation is 1. The van der Waals surface area contributed by atoms with E-state index in [-0.39, 0.29) is 10.8 Å². The molecule has 0 spiro atoms. The van der Waals surface area contributed by atoms with Crippen LogP contribution in [0.15, 0.2) is 53.4 Å². The number of benzene rings is 2. The van der Waals surface area contributed by atoms with Crippen molar-refractivity contribution in [3.63, 3.8) is 0 Å². The third-order valence-corrected chi connectivity index (χ3v) is 9.18. The second-order valence-corrected chi connectivity index (χ2v) is 11.1. The highest BCUT2D eigenvalue weighted by Crippen LogP contribution is 2.38. The molecule has 0 radical (unpaired) electrons. The quantitative estimate of drug-likeness (QED) is 0.631. The smallest absolute Gasteiger partial charge is 0.256 e. The van der Waals surface area contributed by atoms with Crippen molar-refractivity contribution in [3.05, 3.63) is 81.2 Å². The minimum atomic E-state index is -3.65. The maximum absolute atomic E-state index is 13.1. The van der Waals surface area contributed by atoms with Crippen molar-refractivity contribution in [2.75, 3.05) is 11.9 Å². The van der Waals surface area contributed by atoms with E-state index in [4.69, 9.17) is 0 Å². The lowest BCUT2D eigenvalue weighted by molar-refractivity contribution is 0.102. The van der Waals surface area contributed by atoms with Gasteiger partial charge in [-0.05, 0) is 66.6 Å². The Morgan fingerprint density at radius 1 is 1.03 bits per heavy atom. The molecule has 0 bridgehead atoms. The number of carbonyl (C=O) groups excluding carboxylic acids is 1. The molecular weight excluding hydrogens is 442 g/mol. The van der Waals surface area contributed by atoms with Crippen LogP contribution in [0.5, 0.6) is 0 Å². The second kappa shape index (κ2) is 8.17. The van der Waals surface area contributed by atoms with E-state index in [2.05, 4.69) is 11.4 Å². The van der Waals surface area contributed by atoms with Crippen LogP contribution in [0.3, 0.4) is 0 Å². The highest BCUT2D eigenvalue weighted by molar-refractivity contribution is 7.89. The molecule has 3 aromatic rings. The van der Waals surface area contributed by atoms with Crippen molar-refractivity contribution in [2.45, 2.75) is 37.1 Å². The first kappa shape index (κ1) is 20.9. The summed E-state index contributed by atoms with van der Waals surface area (Å²) in [5.41, 5.74) is 4.17. The number of amides is 1. The number of anilines is 1. The Morgan fingerprint density at radius 3 is 2.53 bits per heavy atom. The van der Waals surface area contributed by atoms with E-state index in [0.717, 1.165) is 30.4 Å². The van der Waals surface area contributed by atoms with E-state index in [1.807, 2.05) is 24.3 Å². The average Bonchev–Trinajstić information content (AvgIpc) is 3.39. The molecule has 2 aliphatic rings. The van der Waals surface area contributed by atoms with Crippen molar-refractivity contribution in [2.24, 2.45) is 0 Å². The number of carbonyl (C=O) groups is 1. The molecule has 2 aromatic carbocycles. The standard InChI is InChI=1S/C24H21N3O3S2/c25-14-21-20-6-3-7-22(20)31-24(21)26-23(28)17-8-10-19(11-9-17)32(29,30)27-13-12-16-4-1-2-5-18(16)15-27/h1-2,4-5,8-11H,3,6-7,12-13,15H2,(H,26,28). The summed E-state index contributed by atoms with van der Waals surface area (Å²) in [5, 5.41) is 12.9. The highest BCUT2D eigenvalue weighted by atomic mass is 32.2. The van der Waals surface area contributed by atoms with Gasteiger partial charge in [0.25, 0.3) is 5.91 Å². The first-order valence-corrected chi connectivity index (χ1v) is 12.8. The van der Waals surface area contributed by atoms with Gasteiger partial charge in [0.15, 0.2) is 0 Å². The molecular formula is C24H21N3O3S2. The molecule has 162 valence electrons. The van der Waals surface area contributed by atoms with E-state index in [0.29, 0.717) is 35.6 Å². The highest BCUT2D eigenvalue weighted by Gasteiger charge is 2.28. The van der Waals surface area contributed by atoms with Crippen molar-refractivity contribution in [1.29, 1.82) is 5.26 Å². The summed E-state index contributed by atoms with van der Waals surface area (Å²) in [4.78, 5) is 14.1. The Bertz CT molecular complexity index is 1350. The van der Waals surface area contributed by atoms with E-state index in [1.54, 1.807) is 0 Å². The van der Waals surface area contributed by atoms with Crippen molar-refractivity contribution in [1.82, 2.24) is 4.31 Å². The Labute approximate surface area is 191 Å². The normalized spacial score (nSPS) is 15.6. The number of hydrogen-bond donors (Lipinski definition) is 1. The molecule has 1 aliphatic carbocycles. The summed E-state index contributed by atoms with van der Waals surface area (Å²) in [6.07, 6.45) is 3.54. The van der Waals surface area contributed by atoms with Crippen LogP contribution in [0.4, 0.5) is 5.00 Å². The summed E-state index contributed by atoms with van der Waals surface area (Å²) >= 11 is 1.46. The first-order valence-electron chi connectivity index (χ1n) is 10.5. The average molecular weight is 464 g/mol. The third kappa shape index (κ3) is 3.62. The fourth-order valence-corrected chi connectivity index (χ4v) is 7.04. The molecule has 0 fully saturated rings. The van der Waals surface area contributed by atoms with Crippen LogP contribution >= 0.6 is 11.3 Å².